The molecule has 3 aromatic rings. The number of para-hydroxylation sites is 1. The third kappa shape index (κ3) is 2.42. The van der Waals surface area contributed by atoms with Crippen LogP contribution in [0, 0.1) is 0 Å². The standard InChI is InChI=1S/C18H16O6/c1-21-10-8-13(22-2)15(14(9-10)23-3)16-17(19)11-6-4-5-7-12(11)24-18(16)20/h4-9,19H,1-3H3. The van der Waals surface area contributed by atoms with Gasteiger partial charge in [-0.15, -0.1) is 0 Å². The zero-order chi connectivity index (χ0) is 17.3. The Morgan fingerprint density at radius 3 is 2.12 bits per heavy atom. The van der Waals surface area contributed by atoms with Gasteiger partial charge in [-0.05, 0) is 12.1 Å². The van der Waals surface area contributed by atoms with Crippen molar-refractivity contribution >= 4 is 11.0 Å². The number of hydrogen-bond donors (Lipinski definition) is 1. The predicted molar refractivity (Wildman–Crippen MR) is 89.2 cm³/mol. The van der Waals surface area contributed by atoms with E-state index in [-0.39, 0.29) is 11.3 Å². The molecule has 0 radical (unpaired) electrons. The minimum Gasteiger partial charge on any atom is -0.506 e. The molecule has 0 saturated carbocycles. The van der Waals surface area contributed by atoms with Gasteiger partial charge in [0, 0.05) is 12.1 Å². The maximum Gasteiger partial charge on any atom is 0.348 e. The van der Waals surface area contributed by atoms with Crippen LogP contribution < -0.4 is 19.8 Å². The van der Waals surface area contributed by atoms with Gasteiger partial charge in [-0.25, -0.2) is 4.79 Å². The van der Waals surface area contributed by atoms with E-state index in [1.165, 1.54) is 21.3 Å². The zero-order valence-corrected chi connectivity index (χ0v) is 13.5. The third-order valence-corrected chi connectivity index (χ3v) is 3.75. The molecule has 0 aliphatic heterocycles. The highest BCUT2D eigenvalue weighted by Gasteiger charge is 2.24. The van der Waals surface area contributed by atoms with Crippen LogP contribution in [0.5, 0.6) is 23.0 Å². The van der Waals surface area contributed by atoms with E-state index in [0.717, 1.165) is 0 Å². The summed E-state index contributed by atoms with van der Waals surface area (Å²) in [7, 11) is 4.42. The molecule has 3 rings (SSSR count). The molecule has 0 bridgehead atoms. The van der Waals surface area contributed by atoms with Crippen LogP contribution in [-0.4, -0.2) is 26.4 Å². The molecular weight excluding hydrogens is 312 g/mol. The molecule has 6 heteroatoms. The second kappa shape index (κ2) is 6.16. The van der Waals surface area contributed by atoms with E-state index >= 15 is 0 Å². The smallest absolute Gasteiger partial charge is 0.348 e. The maximum absolute atomic E-state index is 12.5. The molecule has 0 spiro atoms. The Morgan fingerprint density at radius 1 is 0.917 bits per heavy atom. The van der Waals surface area contributed by atoms with Crippen molar-refractivity contribution in [3.05, 3.63) is 46.8 Å². The Bertz CT molecular complexity index is 932. The van der Waals surface area contributed by atoms with Crippen LogP contribution >= 0.6 is 0 Å². The molecule has 0 unspecified atom stereocenters. The lowest BCUT2D eigenvalue weighted by atomic mass is 10.0. The molecule has 6 nitrogen and oxygen atoms in total. The number of ether oxygens (including phenoxy) is 3. The number of methoxy groups -OCH3 is 3. The Hall–Kier alpha value is -3.15. The van der Waals surface area contributed by atoms with E-state index in [1.807, 2.05) is 0 Å². The lowest BCUT2D eigenvalue weighted by Gasteiger charge is -2.15. The molecule has 124 valence electrons. The van der Waals surface area contributed by atoms with Gasteiger partial charge in [-0.1, -0.05) is 12.1 Å². The lowest BCUT2D eigenvalue weighted by Crippen LogP contribution is -2.06. The molecular formula is C18H16O6. The van der Waals surface area contributed by atoms with E-state index in [1.54, 1.807) is 36.4 Å². The number of aromatic hydroxyl groups is 1. The normalized spacial score (nSPS) is 10.6. The summed E-state index contributed by atoms with van der Waals surface area (Å²) in [6, 6.07) is 9.95. The van der Waals surface area contributed by atoms with Crippen molar-refractivity contribution in [2.75, 3.05) is 21.3 Å². The van der Waals surface area contributed by atoms with Gasteiger partial charge in [0.05, 0.1) is 32.3 Å². The molecule has 1 heterocycles. The second-order valence-electron chi connectivity index (χ2n) is 5.02. The Kier molecular flexibility index (Phi) is 4.04. The van der Waals surface area contributed by atoms with Crippen molar-refractivity contribution < 1.29 is 23.7 Å². The molecule has 2 aromatic carbocycles. The molecule has 0 saturated heterocycles. The van der Waals surface area contributed by atoms with Crippen LogP contribution in [0.4, 0.5) is 0 Å². The third-order valence-electron chi connectivity index (χ3n) is 3.75. The van der Waals surface area contributed by atoms with Gasteiger partial charge in [0.1, 0.15) is 34.1 Å². The molecule has 0 fully saturated rings. The topological polar surface area (TPSA) is 78.1 Å². The first-order chi connectivity index (χ1) is 11.6. The average molecular weight is 328 g/mol. The van der Waals surface area contributed by atoms with Gasteiger partial charge in [0.2, 0.25) is 0 Å². The van der Waals surface area contributed by atoms with Gasteiger partial charge in [0.25, 0.3) is 0 Å². The van der Waals surface area contributed by atoms with Gasteiger partial charge in [0.15, 0.2) is 0 Å². The Labute approximate surface area is 137 Å². The van der Waals surface area contributed by atoms with Crippen LogP contribution in [0.3, 0.4) is 0 Å². The first kappa shape index (κ1) is 15.7. The molecule has 0 amide bonds. The van der Waals surface area contributed by atoms with Crippen LogP contribution in [0.25, 0.3) is 22.1 Å². The minimum atomic E-state index is -0.687. The highest BCUT2D eigenvalue weighted by atomic mass is 16.5. The van der Waals surface area contributed by atoms with Crippen molar-refractivity contribution in [2.45, 2.75) is 0 Å². The first-order valence-corrected chi connectivity index (χ1v) is 7.16. The Morgan fingerprint density at radius 2 is 1.54 bits per heavy atom. The minimum absolute atomic E-state index is 0.0231. The molecule has 1 aromatic heterocycles. The summed E-state index contributed by atoms with van der Waals surface area (Å²) in [5.74, 6) is 0.953. The molecule has 1 N–H and O–H groups in total. The van der Waals surface area contributed by atoms with E-state index in [0.29, 0.717) is 33.8 Å². The summed E-state index contributed by atoms with van der Waals surface area (Å²) in [5.41, 5.74) is -0.106. The van der Waals surface area contributed by atoms with Crippen molar-refractivity contribution in [3.8, 4) is 34.1 Å². The van der Waals surface area contributed by atoms with Gasteiger partial charge >= 0.3 is 5.63 Å². The van der Waals surface area contributed by atoms with Crippen molar-refractivity contribution in [1.29, 1.82) is 0 Å². The largest absolute Gasteiger partial charge is 0.506 e. The van der Waals surface area contributed by atoms with Crippen LogP contribution in [0.15, 0.2) is 45.6 Å². The number of fused-ring (bicyclic) bond motifs is 1. The first-order valence-electron chi connectivity index (χ1n) is 7.16. The molecule has 0 aliphatic rings. The molecule has 0 atom stereocenters. The molecule has 0 aliphatic carbocycles. The van der Waals surface area contributed by atoms with E-state index < -0.39 is 5.63 Å². The number of benzene rings is 2. The fraction of sp³-hybridized carbons (Fsp3) is 0.167. The summed E-state index contributed by atoms with van der Waals surface area (Å²) >= 11 is 0. The van der Waals surface area contributed by atoms with E-state index in [4.69, 9.17) is 18.6 Å². The predicted octanol–water partition coefficient (Wildman–Crippen LogP) is 3.19. The fourth-order valence-corrected chi connectivity index (χ4v) is 2.61. The second-order valence-corrected chi connectivity index (χ2v) is 5.02. The summed E-state index contributed by atoms with van der Waals surface area (Å²) in [4.78, 5) is 12.5. The Balaban J connectivity index is 2.41. The monoisotopic (exact) mass is 328 g/mol. The fourth-order valence-electron chi connectivity index (χ4n) is 2.61. The van der Waals surface area contributed by atoms with Crippen LogP contribution in [-0.2, 0) is 0 Å². The van der Waals surface area contributed by atoms with Crippen LogP contribution in [0.2, 0.25) is 0 Å². The van der Waals surface area contributed by atoms with E-state index in [2.05, 4.69) is 0 Å². The van der Waals surface area contributed by atoms with Crippen molar-refractivity contribution in [2.24, 2.45) is 0 Å². The van der Waals surface area contributed by atoms with Gasteiger partial charge < -0.3 is 23.7 Å². The summed E-state index contributed by atoms with van der Waals surface area (Å²) < 4.78 is 21.2. The quantitative estimate of drug-likeness (QED) is 0.741. The highest BCUT2D eigenvalue weighted by Crippen LogP contribution is 2.45. The van der Waals surface area contributed by atoms with Gasteiger partial charge in [-0.3, -0.25) is 0 Å². The zero-order valence-electron chi connectivity index (χ0n) is 13.5. The number of hydrogen-bond acceptors (Lipinski definition) is 6. The SMILES string of the molecule is COc1cc(OC)c(-c2c(O)c3ccccc3oc2=O)c(OC)c1. The van der Waals surface area contributed by atoms with Gasteiger partial charge in [-0.2, -0.15) is 0 Å². The maximum atomic E-state index is 12.5. The van der Waals surface area contributed by atoms with Crippen molar-refractivity contribution in [1.82, 2.24) is 0 Å². The molecule has 24 heavy (non-hydrogen) atoms. The average Bonchev–Trinajstić information content (AvgIpc) is 2.61. The van der Waals surface area contributed by atoms with Crippen LogP contribution in [0.1, 0.15) is 0 Å². The summed E-state index contributed by atoms with van der Waals surface area (Å²) in [6.45, 7) is 0. The lowest BCUT2D eigenvalue weighted by molar-refractivity contribution is 0.376. The van der Waals surface area contributed by atoms with E-state index in [9.17, 15) is 9.90 Å². The highest BCUT2D eigenvalue weighted by molar-refractivity contribution is 5.93. The van der Waals surface area contributed by atoms with Crippen molar-refractivity contribution in [3.63, 3.8) is 0 Å². The summed E-state index contributed by atoms with van der Waals surface area (Å²) in [5, 5.41) is 11.1. The number of rotatable bonds is 4. The summed E-state index contributed by atoms with van der Waals surface area (Å²) in [6.07, 6.45) is 0.